The molecular weight excluding hydrogens is 360 g/mol. The monoisotopic (exact) mass is 384 g/mol. The summed E-state index contributed by atoms with van der Waals surface area (Å²) in [7, 11) is 0. The fraction of sp³-hybridized carbons (Fsp3) is 0.333. The Morgan fingerprint density at radius 1 is 1.00 bits per heavy atom. The molecule has 2 aromatic carbocycles. The van der Waals surface area contributed by atoms with Crippen LogP contribution in [0.2, 0.25) is 0 Å². The van der Waals surface area contributed by atoms with Crippen LogP contribution in [0.3, 0.4) is 0 Å². The number of nitrogens with one attached hydrogen (secondary N) is 1. The molecule has 2 aromatic rings. The lowest BCUT2D eigenvalue weighted by atomic mass is 10.0. The predicted molar refractivity (Wildman–Crippen MR) is 103 cm³/mol. The summed E-state index contributed by atoms with van der Waals surface area (Å²) in [6.45, 7) is 0.926. The molecule has 148 valence electrons. The van der Waals surface area contributed by atoms with Crippen molar-refractivity contribution in [1.82, 2.24) is 10.2 Å². The third-order valence-electron chi connectivity index (χ3n) is 4.95. The van der Waals surface area contributed by atoms with Crippen molar-refractivity contribution in [2.75, 3.05) is 13.1 Å². The number of carbonyl (C=O) groups excluding carboxylic acids is 2. The number of hydrogen-bond acceptors (Lipinski definition) is 5. The van der Waals surface area contributed by atoms with E-state index in [-0.39, 0.29) is 23.4 Å². The number of aromatic hydroxyl groups is 3. The first-order valence-corrected chi connectivity index (χ1v) is 9.31. The molecule has 0 radical (unpaired) electrons. The summed E-state index contributed by atoms with van der Waals surface area (Å²) in [5.41, 5.74) is 1.23. The molecule has 0 unspecified atom stereocenters. The van der Waals surface area contributed by atoms with E-state index < -0.39 is 17.2 Å². The van der Waals surface area contributed by atoms with Crippen molar-refractivity contribution in [3.63, 3.8) is 0 Å². The van der Waals surface area contributed by atoms with E-state index in [1.165, 1.54) is 0 Å². The van der Waals surface area contributed by atoms with Crippen LogP contribution in [0.25, 0.3) is 0 Å². The van der Waals surface area contributed by atoms with Crippen LogP contribution in [-0.4, -0.2) is 51.2 Å². The summed E-state index contributed by atoms with van der Waals surface area (Å²) in [5.74, 6) is -2.05. The molecule has 0 atom stereocenters. The molecule has 0 saturated carbocycles. The lowest BCUT2D eigenvalue weighted by molar-refractivity contribution is -0.122. The van der Waals surface area contributed by atoms with E-state index in [4.69, 9.17) is 0 Å². The molecule has 1 aliphatic heterocycles. The Hall–Kier alpha value is -3.22. The fourth-order valence-corrected chi connectivity index (χ4v) is 3.34. The van der Waals surface area contributed by atoms with Crippen molar-refractivity contribution in [1.29, 1.82) is 0 Å². The van der Waals surface area contributed by atoms with Gasteiger partial charge in [0.1, 0.15) is 0 Å². The maximum atomic E-state index is 12.5. The largest absolute Gasteiger partial charge is 0.504 e. The number of rotatable bonds is 5. The van der Waals surface area contributed by atoms with E-state index >= 15 is 0 Å². The number of piperidine rings is 1. The Labute approximate surface area is 163 Å². The van der Waals surface area contributed by atoms with Crippen LogP contribution in [-0.2, 0) is 11.2 Å². The number of carbonyl (C=O) groups is 2. The number of aryl methyl sites for hydroxylation is 1. The molecule has 28 heavy (non-hydrogen) atoms. The van der Waals surface area contributed by atoms with E-state index in [1.54, 1.807) is 4.90 Å². The van der Waals surface area contributed by atoms with Gasteiger partial charge in [-0.05, 0) is 37.0 Å². The van der Waals surface area contributed by atoms with Crippen LogP contribution in [0.5, 0.6) is 17.2 Å². The maximum absolute atomic E-state index is 12.5. The lowest BCUT2D eigenvalue weighted by Crippen LogP contribution is -2.46. The molecule has 0 aliphatic carbocycles. The molecule has 0 spiro atoms. The Bertz CT molecular complexity index is 822. The molecule has 0 aromatic heterocycles. The van der Waals surface area contributed by atoms with Crippen molar-refractivity contribution in [3.05, 3.63) is 53.6 Å². The summed E-state index contributed by atoms with van der Waals surface area (Å²) >= 11 is 0. The highest BCUT2D eigenvalue weighted by Crippen LogP contribution is 2.35. The minimum Gasteiger partial charge on any atom is -0.504 e. The Kier molecular flexibility index (Phi) is 6.03. The zero-order chi connectivity index (χ0) is 20.1. The summed E-state index contributed by atoms with van der Waals surface area (Å²) < 4.78 is 0. The molecule has 0 bridgehead atoms. The first-order chi connectivity index (χ1) is 13.4. The van der Waals surface area contributed by atoms with E-state index in [1.807, 2.05) is 30.3 Å². The summed E-state index contributed by atoms with van der Waals surface area (Å²) in [6, 6.07) is 12.1. The molecule has 1 fully saturated rings. The zero-order valence-electron chi connectivity index (χ0n) is 15.5. The average molecular weight is 384 g/mol. The topological polar surface area (TPSA) is 110 Å². The van der Waals surface area contributed by atoms with Gasteiger partial charge in [-0.3, -0.25) is 9.59 Å². The second kappa shape index (κ2) is 8.65. The quantitative estimate of drug-likeness (QED) is 0.591. The van der Waals surface area contributed by atoms with E-state index in [0.717, 1.165) is 17.7 Å². The molecule has 1 heterocycles. The number of hydrogen-bond donors (Lipinski definition) is 4. The van der Waals surface area contributed by atoms with Gasteiger partial charge < -0.3 is 25.5 Å². The summed E-state index contributed by atoms with van der Waals surface area (Å²) in [4.78, 5) is 26.3. The Balaban J connectivity index is 1.47. The first-order valence-electron chi connectivity index (χ1n) is 9.31. The fourth-order valence-electron chi connectivity index (χ4n) is 3.34. The van der Waals surface area contributed by atoms with Gasteiger partial charge in [-0.25, -0.2) is 0 Å². The van der Waals surface area contributed by atoms with Crippen molar-refractivity contribution < 1.29 is 24.9 Å². The van der Waals surface area contributed by atoms with Crippen molar-refractivity contribution >= 4 is 11.8 Å². The summed E-state index contributed by atoms with van der Waals surface area (Å²) in [6.07, 6.45) is 2.39. The number of benzene rings is 2. The second-order valence-electron chi connectivity index (χ2n) is 6.98. The van der Waals surface area contributed by atoms with Crippen molar-refractivity contribution in [2.24, 2.45) is 0 Å². The van der Waals surface area contributed by atoms with Gasteiger partial charge >= 0.3 is 0 Å². The zero-order valence-corrected chi connectivity index (χ0v) is 15.5. The minimum absolute atomic E-state index is 0.00186. The standard InChI is InChI=1S/C21H24N2O5/c24-17-12-15(13-18(25)20(17)27)21(28)23-10-8-16(9-11-23)22-19(26)7-6-14-4-2-1-3-5-14/h1-5,12-13,16,24-25,27H,6-11H2,(H,22,26). The molecule has 3 rings (SSSR count). The second-order valence-corrected chi connectivity index (χ2v) is 6.98. The molecule has 1 saturated heterocycles. The van der Waals surface area contributed by atoms with E-state index in [2.05, 4.69) is 5.32 Å². The number of phenolic OH excluding ortho intramolecular Hbond substituents is 3. The molecular formula is C21H24N2O5. The Morgan fingerprint density at radius 3 is 2.21 bits per heavy atom. The van der Waals surface area contributed by atoms with Gasteiger partial charge in [0.15, 0.2) is 17.2 Å². The van der Waals surface area contributed by atoms with Crippen LogP contribution in [0.1, 0.15) is 35.2 Å². The van der Waals surface area contributed by atoms with E-state index in [9.17, 15) is 24.9 Å². The van der Waals surface area contributed by atoms with Crippen LogP contribution < -0.4 is 5.32 Å². The highest BCUT2D eigenvalue weighted by molar-refractivity contribution is 5.95. The minimum atomic E-state index is -0.645. The highest BCUT2D eigenvalue weighted by Gasteiger charge is 2.25. The molecule has 1 aliphatic rings. The van der Waals surface area contributed by atoms with Crippen LogP contribution in [0.15, 0.2) is 42.5 Å². The SMILES string of the molecule is O=C(CCc1ccccc1)NC1CCN(C(=O)c2cc(O)c(O)c(O)c2)CC1. The number of likely N-dealkylation sites (tertiary alicyclic amines) is 1. The normalized spacial score (nSPS) is 14.6. The van der Waals surface area contributed by atoms with Gasteiger partial charge in [0.25, 0.3) is 5.91 Å². The van der Waals surface area contributed by atoms with Crippen LogP contribution >= 0.6 is 0 Å². The first kappa shape index (κ1) is 19.5. The number of phenols is 3. The average Bonchev–Trinajstić information content (AvgIpc) is 2.71. The van der Waals surface area contributed by atoms with Gasteiger partial charge in [0.05, 0.1) is 0 Å². The smallest absolute Gasteiger partial charge is 0.254 e. The predicted octanol–water partition coefficient (Wildman–Crippen LogP) is 2.16. The van der Waals surface area contributed by atoms with Gasteiger partial charge in [-0.15, -0.1) is 0 Å². The summed E-state index contributed by atoms with van der Waals surface area (Å²) in [5, 5.41) is 31.6. The van der Waals surface area contributed by atoms with Crippen LogP contribution in [0.4, 0.5) is 0 Å². The van der Waals surface area contributed by atoms with Crippen LogP contribution in [0, 0.1) is 0 Å². The molecule has 4 N–H and O–H groups in total. The highest BCUT2D eigenvalue weighted by atomic mass is 16.3. The molecule has 7 heteroatoms. The van der Waals surface area contributed by atoms with Gasteiger partial charge in [0.2, 0.25) is 5.91 Å². The number of amides is 2. The van der Waals surface area contributed by atoms with Crippen molar-refractivity contribution in [3.8, 4) is 17.2 Å². The third kappa shape index (κ3) is 4.73. The molecule has 7 nitrogen and oxygen atoms in total. The van der Waals surface area contributed by atoms with E-state index in [0.29, 0.717) is 38.8 Å². The van der Waals surface area contributed by atoms with Gasteiger partial charge in [-0.1, -0.05) is 30.3 Å². The van der Waals surface area contributed by atoms with Gasteiger partial charge in [0, 0.05) is 31.1 Å². The molecule has 2 amide bonds. The third-order valence-corrected chi connectivity index (χ3v) is 4.95. The lowest BCUT2D eigenvalue weighted by Gasteiger charge is -2.32. The maximum Gasteiger partial charge on any atom is 0.254 e. The Morgan fingerprint density at radius 2 is 1.61 bits per heavy atom. The van der Waals surface area contributed by atoms with Crippen molar-refractivity contribution in [2.45, 2.75) is 31.7 Å². The van der Waals surface area contributed by atoms with Gasteiger partial charge in [-0.2, -0.15) is 0 Å². The number of nitrogens with zero attached hydrogens (tertiary/aromatic N) is 1.